The number of para-hydroxylation sites is 1. The van der Waals surface area contributed by atoms with Gasteiger partial charge in [-0.3, -0.25) is 4.57 Å². The molecule has 44 heavy (non-hydrogen) atoms. The second-order valence-corrected chi connectivity index (χ2v) is 12.5. The third-order valence-corrected chi connectivity index (χ3v) is 9.64. The van der Waals surface area contributed by atoms with Crippen molar-refractivity contribution >= 4 is 34.0 Å². The highest BCUT2D eigenvalue weighted by atomic mass is 15.2. The first-order chi connectivity index (χ1) is 21.6. The first-order valence-electron chi connectivity index (χ1n) is 15.5. The Hall–Kier alpha value is -5.28. The molecule has 210 valence electrons. The molecule has 2 heterocycles. The van der Waals surface area contributed by atoms with E-state index in [4.69, 9.17) is 9.97 Å². The highest BCUT2D eigenvalue weighted by Gasteiger charge is 2.38. The molecule has 0 bridgehead atoms. The summed E-state index contributed by atoms with van der Waals surface area (Å²) in [4.78, 5) is 10.6. The van der Waals surface area contributed by atoms with Crippen LogP contribution in [-0.2, 0) is 5.41 Å². The standard InChI is InChI=1S/C41H31N3/c1-41(2)33-17-9-6-14-29(33)30-24-25-36-37(38(30)41)32-16-8-11-19-35(32)44(36)40-42-34-18-10-7-15-31(34)39(43-40)28-22-20-27(21-23-28)26-12-4-3-5-13-26/h3-6,8-9,11-25H,7,10H2,1-2H3. The monoisotopic (exact) mass is 565 g/mol. The molecule has 9 rings (SSSR count). The van der Waals surface area contributed by atoms with Gasteiger partial charge in [0, 0.05) is 27.0 Å². The number of hydrogen-bond donors (Lipinski definition) is 0. The van der Waals surface area contributed by atoms with Crippen LogP contribution in [0.25, 0.3) is 73.4 Å². The molecule has 7 aromatic rings. The molecule has 0 N–H and O–H groups in total. The van der Waals surface area contributed by atoms with Crippen LogP contribution in [0.2, 0.25) is 0 Å². The summed E-state index contributed by atoms with van der Waals surface area (Å²) < 4.78 is 2.29. The van der Waals surface area contributed by atoms with Crippen LogP contribution in [0.15, 0.2) is 115 Å². The fraction of sp³-hybridized carbons (Fsp3) is 0.122. The zero-order chi connectivity index (χ0) is 29.4. The quantitative estimate of drug-likeness (QED) is 0.215. The van der Waals surface area contributed by atoms with Gasteiger partial charge in [-0.15, -0.1) is 0 Å². The Labute approximate surface area is 256 Å². The number of aromatic nitrogens is 3. The fourth-order valence-corrected chi connectivity index (χ4v) is 7.60. The van der Waals surface area contributed by atoms with Crippen molar-refractivity contribution in [2.24, 2.45) is 0 Å². The van der Waals surface area contributed by atoms with Gasteiger partial charge in [-0.1, -0.05) is 129 Å². The molecule has 3 nitrogen and oxygen atoms in total. The minimum Gasteiger partial charge on any atom is -0.278 e. The van der Waals surface area contributed by atoms with Gasteiger partial charge in [-0.2, -0.15) is 0 Å². The number of hydrogen-bond acceptors (Lipinski definition) is 2. The fourth-order valence-electron chi connectivity index (χ4n) is 7.60. The predicted molar refractivity (Wildman–Crippen MR) is 182 cm³/mol. The molecule has 0 saturated heterocycles. The van der Waals surface area contributed by atoms with Crippen LogP contribution in [0.4, 0.5) is 0 Å². The van der Waals surface area contributed by atoms with Gasteiger partial charge < -0.3 is 0 Å². The predicted octanol–water partition coefficient (Wildman–Crippen LogP) is 8.57. The van der Waals surface area contributed by atoms with Crippen molar-refractivity contribution in [1.82, 2.24) is 14.5 Å². The van der Waals surface area contributed by atoms with E-state index in [-0.39, 0.29) is 5.41 Å². The highest BCUT2D eigenvalue weighted by Crippen LogP contribution is 2.53. The van der Waals surface area contributed by atoms with Gasteiger partial charge in [0.15, 0.2) is 0 Å². The van der Waals surface area contributed by atoms with Gasteiger partial charge in [0.2, 0.25) is 5.95 Å². The Morgan fingerprint density at radius 2 is 1.30 bits per heavy atom. The van der Waals surface area contributed by atoms with Gasteiger partial charge in [0.1, 0.15) is 0 Å². The summed E-state index contributed by atoms with van der Waals surface area (Å²) in [6.45, 7) is 4.72. The number of benzene rings is 5. The minimum atomic E-state index is -0.120. The second kappa shape index (κ2) is 9.36. The van der Waals surface area contributed by atoms with Gasteiger partial charge >= 0.3 is 0 Å². The molecule has 0 radical (unpaired) electrons. The summed E-state index contributed by atoms with van der Waals surface area (Å²) in [6, 6.07) is 41.5. The molecule has 0 aliphatic heterocycles. The summed E-state index contributed by atoms with van der Waals surface area (Å²) in [6.07, 6.45) is 6.57. The highest BCUT2D eigenvalue weighted by molar-refractivity contribution is 6.14. The Kier molecular flexibility index (Phi) is 5.37. The molecule has 0 atom stereocenters. The lowest BCUT2D eigenvalue weighted by Gasteiger charge is -2.22. The van der Waals surface area contributed by atoms with Gasteiger partial charge in [0.05, 0.1) is 22.1 Å². The van der Waals surface area contributed by atoms with E-state index < -0.39 is 0 Å². The Morgan fingerprint density at radius 3 is 2.16 bits per heavy atom. The largest absolute Gasteiger partial charge is 0.278 e. The molecule has 0 spiro atoms. The summed E-state index contributed by atoms with van der Waals surface area (Å²) in [5, 5.41) is 4.68. The van der Waals surface area contributed by atoms with E-state index >= 15 is 0 Å². The lowest BCUT2D eigenvalue weighted by Crippen LogP contribution is -2.34. The van der Waals surface area contributed by atoms with Crippen molar-refractivity contribution in [3.63, 3.8) is 0 Å². The Balaban J connectivity index is 1.31. The van der Waals surface area contributed by atoms with Crippen molar-refractivity contribution in [1.29, 1.82) is 0 Å². The van der Waals surface area contributed by atoms with E-state index in [1.54, 1.807) is 0 Å². The van der Waals surface area contributed by atoms with E-state index in [0.717, 1.165) is 51.6 Å². The molecular formula is C41H31N3. The minimum absolute atomic E-state index is 0.120. The average molecular weight is 566 g/mol. The van der Waals surface area contributed by atoms with Crippen LogP contribution in [0.5, 0.6) is 0 Å². The molecule has 2 aliphatic carbocycles. The van der Waals surface area contributed by atoms with Crippen molar-refractivity contribution in [2.45, 2.75) is 32.1 Å². The first-order valence-corrected chi connectivity index (χ1v) is 15.5. The molecule has 5 aromatic carbocycles. The molecular weight excluding hydrogens is 534 g/mol. The van der Waals surface area contributed by atoms with Crippen LogP contribution in [0.1, 0.15) is 37.8 Å². The van der Waals surface area contributed by atoms with Crippen LogP contribution < -0.4 is 10.6 Å². The molecule has 2 aromatic heterocycles. The molecule has 0 unspecified atom stereocenters. The number of rotatable bonds is 3. The third kappa shape index (κ3) is 3.56. The van der Waals surface area contributed by atoms with Crippen molar-refractivity contribution in [3.05, 3.63) is 137 Å². The molecule has 0 amide bonds. The van der Waals surface area contributed by atoms with E-state index in [1.165, 1.54) is 44.2 Å². The average Bonchev–Trinajstić information content (AvgIpc) is 3.53. The SMILES string of the molecule is CC1(C)c2ccccc2-c2ccc3c(c21)c1ccccc1n3-c1nc(-c2ccc(-c3ccccc3)cc2)c2c(n1)=CCCC=2. The summed E-state index contributed by atoms with van der Waals surface area (Å²) in [5.74, 6) is 0.719. The van der Waals surface area contributed by atoms with Gasteiger partial charge in [0.25, 0.3) is 0 Å². The van der Waals surface area contributed by atoms with Gasteiger partial charge in [-0.05, 0) is 58.4 Å². The summed E-state index contributed by atoms with van der Waals surface area (Å²) >= 11 is 0. The zero-order valence-electron chi connectivity index (χ0n) is 24.9. The van der Waals surface area contributed by atoms with Gasteiger partial charge in [-0.25, -0.2) is 9.97 Å². The molecule has 2 aliphatic rings. The normalized spacial score (nSPS) is 14.5. The summed E-state index contributed by atoms with van der Waals surface area (Å²) in [7, 11) is 0. The third-order valence-electron chi connectivity index (χ3n) is 9.64. The Morgan fingerprint density at radius 1 is 0.591 bits per heavy atom. The van der Waals surface area contributed by atoms with Crippen LogP contribution >= 0.6 is 0 Å². The number of nitrogens with zero attached hydrogens (tertiary/aromatic N) is 3. The van der Waals surface area contributed by atoms with Crippen molar-refractivity contribution in [3.8, 4) is 39.5 Å². The lowest BCUT2D eigenvalue weighted by atomic mass is 9.80. The topological polar surface area (TPSA) is 30.7 Å². The second-order valence-electron chi connectivity index (χ2n) is 12.5. The molecule has 0 saturated carbocycles. The van der Waals surface area contributed by atoms with Crippen LogP contribution in [0.3, 0.4) is 0 Å². The zero-order valence-corrected chi connectivity index (χ0v) is 24.9. The maximum absolute atomic E-state index is 5.37. The maximum Gasteiger partial charge on any atom is 0.235 e. The van der Waals surface area contributed by atoms with Crippen molar-refractivity contribution in [2.75, 3.05) is 0 Å². The smallest absolute Gasteiger partial charge is 0.235 e. The van der Waals surface area contributed by atoms with E-state index in [2.05, 4.69) is 146 Å². The van der Waals surface area contributed by atoms with E-state index in [1.807, 2.05) is 0 Å². The van der Waals surface area contributed by atoms with Crippen LogP contribution in [0, 0.1) is 0 Å². The molecule has 0 fully saturated rings. The van der Waals surface area contributed by atoms with E-state index in [0.29, 0.717) is 0 Å². The summed E-state index contributed by atoms with van der Waals surface area (Å²) in [5.41, 5.74) is 12.1. The van der Waals surface area contributed by atoms with Crippen LogP contribution in [-0.4, -0.2) is 14.5 Å². The Bertz CT molecular complexity index is 2390. The first kappa shape index (κ1) is 25.2. The number of fused-ring (bicyclic) bond motifs is 8. The molecule has 3 heteroatoms. The van der Waals surface area contributed by atoms with Crippen molar-refractivity contribution < 1.29 is 0 Å². The van der Waals surface area contributed by atoms with E-state index in [9.17, 15) is 0 Å². The maximum atomic E-state index is 5.37. The lowest BCUT2D eigenvalue weighted by molar-refractivity contribution is 0.666.